The molecule has 0 spiro atoms. The van der Waals surface area contributed by atoms with E-state index < -0.39 is 0 Å². The molecule has 4 heterocycles. The second kappa shape index (κ2) is 7.48. The van der Waals surface area contributed by atoms with Crippen LogP contribution >= 0.6 is 0 Å². The van der Waals surface area contributed by atoms with Gasteiger partial charge in [-0.15, -0.1) is 0 Å². The Kier molecular flexibility index (Phi) is 4.70. The molecule has 7 nitrogen and oxygen atoms in total. The standard InChI is InChI=1S/C21H26N6O/c1-15-14-27(16-4-2-3-5-16)20-18(15)13-23-21(25-20)24-19-7-6-17(12-22-19)26-8-10-28-11-9-26/h6-7,12-14,16H,2-5,8-11H2,1H3,(H,22,23,24,25)/p+1. The molecule has 146 valence electrons. The van der Waals surface area contributed by atoms with Crippen molar-refractivity contribution in [2.24, 2.45) is 0 Å². The van der Waals surface area contributed by atoms with E-state index in [1.807, 2.05) is 18.5 Å². The largest absolute Gasteiger partial charge is 0.370 e. The summed E-state index contributed by atoms with van der Waals surface area (Å²) in [4.78, 5) is 15.3. The van der Waals surface area contributed by atoms with Crippen molar-refractivity contribution in [2.75, 3.05) is 31.6 Å². The first-order chi connectivity index (χ1) is 13.8. The van der Waals surface area contributed by atoms with E-state index in [1.54, 1.807) is 0 Å². The predicted octanol–water partition coefficient (Wildman–Crippen LogP) is 2.54. The van der Waals surface area contributed by atoms with Crippen LogP contribution in [0.15, 0.2) is 30.7 Å². The number of nitrogens with one attached hydrogen (secondary N) is 2. The number of aromatic nitrogens is 4. The van der Waals surface area contributed by atoms with Crippen LogP contribution in [0.3, 0.4) is 0 Å². The van der Waals surface area contributed by atoms with Crippen molar-refractivity contribution in [2.45, 2.75) is 38.6 Å². The lowest BCUT2D eigenvalue weighted by molar-refractivity contribution is -0.842. The molecule has 0 bridgehead atoms. The third-order valence-corrected chi connectivity index (χ3v) is 6.00. The number of hydrogen-bond acceptors (Lipinski definition) is 5. The molecule has 5 rings (SSSR count). The normalized spacial score (nSPS) is 18.8. The van der Waals surface area contributed by atoms with E-state index in [2.05, 4.69) is 39.0 Å². The van der Waals surface area contributed by atoms with Crippen molar-refractivity contribution in [1.29, 1.82) is 0 Å². The molecule has 28 heavy (non-hydrogen) atoms. The Morgan fingerprint density at radius 2 is 1.93 bits per heavy atom. The Morgan fingerprint density at radius 3 is 2.68 bits per heavy atom. The molecule has 3 aromatic rings. The van der Waals surface area contributed by atoms with E-state index >= 15 is 0 Å². The lowest BCUT2D eigenvalue weighted by Gasteiger charge is -2.23. The first-order valence-corrected chi connectivity index (χ1v) is 10.3. The number of fused-ring (bicyclic) bond motifs is 1. The van der Waals surface area contributed by atoms with E-state index in [9.17, 15) is 0 Å². The number of ether oxygens (including phenoxy) is 1. The number of hydrogen-bond donors (Lipinski definition) is 2. The second-order valence-corrected chi connectivity index (χ2v) is 7.86. The van der Waals surface area contributed by atoms with Gasteiger partial charge in [0, 0.05) is 29.9 Å². The minimum Gasteiger partial charge on any atom is -0.370 e. The van der Waals surface area contributed by atoms with Gasteiger partial charge in [-0.3, -0.25) is 4.90 Å². The minimum atomic E-state index is 0.563. The highest BCUT2D eigenvalue weighted by molar-refractivity contribution is 5.80. The molecule has 1 saturated carbocycles. The Morgan fingerprint density at radius 1 is 1.11 bits per heavy atom. The number of pyridine rings is 1. The number of rotatable bonds is 4. The van der Waals surface area contributed by atoms with E-state index in [1.165, 1.54) is 41.8 Å². The first-order valence-electron chi connectivity index (χ1n) is 10.3. The summed E-state index contributed by atoms with van der Waals surface area (Å²) in [6.07, 6.45) is 11.2. The van der Waals surface area contributed by atoms with Crippen molar-refractivity contribution in [3.8, 4) is 0 Å². The zero-order valence-corrected chi connectivity index (χ0v) is 16.3. The second-order valence-electron chi connectivity index (χ2n) is 7.86. The van der Waals surface area contributed by atoms with E-state index in [0.717, 1.165) is 43.2 Å². The van der Waals surface area contributed by atoms with Gasteiger partial charge in [0.1, 0.15) is 30.2 Å². The summed E-state index contributed by atoms with van der Waals surface area (Å²) in [5.41, 5.74) is 3.47. The van der Waals surface area contributed by atoms with Crippen LogP contribution in [0.5, 0.6) is 0 Å². The number of quaternary nitrogens is 1. The average molecular weight is 379 g/mol. The fourth-order valence-electron chi connectivity index (χ4n) is 4.41. The van der Waals surface area contributed by atoms with Gasteiger partial charge in [0.2, 0.25) is 5.95 Å². The van der Waals surface area contributed by atoms with Gasteiger partial charge in [-0.25, -0.2) is 9.97 Å². The number of nitrogens with zero attached hydrogens (tertiary/aromatic N) is 4. The topological polar surface area (TPSA) is 69.3 Å². The van der Waals surface area contributed by atoms with Gasteiger partial charge in [0.05, 0.1) is 19.4 Å². The van der Waals surface area contributed by atoms with Crippen molar-refractivity contribution < 1.29 is 9.64 Å². The Balaban J connectivity index is 1.38. The summed E-state index contributed by atoms with van der Waals surface area (Å²) in [7, 11) is 0. The van der Waals surface area contributed by atoms with Gasteiger partial charge < -0.3 is 14.6 Å². The molecule has 1 aliphatic heterocycles. The Labute approximate surface area is 164 Å². The third-order valence-electron chi connectivity index (χ3n) is 6.00. The fraction of sp³-hybridized carbons (Fsp3) is 0.476. The smallest absolute Gasteiger partial charge is 0.230 e. The summed E-state index contributed by atoms with van der Waals surface area (Å²) in [6.45, 7) is 5.74. The SMILES string of the molecule is Cc1cn(C2CCCC2)c2nc(Nc3ccc([NH+]4CCOCC4)cn3)ncc12. The number of morpholine rings is 1. The summed E-state index contributed by atoms with van der Waals surface area (Å²) in [5, 5.41) is 4.41. The zero-order valence-electron chi connectivity index (χ0n) is 16.3. The van der Waals surface area contributed by atoms with Crippen molar-refractivity contribution in [3.63, 3.8) is 0 Å². The molecule has 2 fully saturated rings. The van der Waals surface area contributed by atoms with Crippen molar-refractivity contribution in [1.82, 2.24) is 19.5 Å². The Bertz CT molecular complexity index is 955. The molecule has 7 heteroatoms. The van der Waals surface area contributed by atoms with Crippen molar-refractivity contribution >= 4 is 28.5 Å². The molecule has 0 atom stereocenters. The minimum absolute atomic E-state index is 0.563. The summed E-state index contributed by atoms with van der Waals surface area (Å²) in [5.74, 6) is 1.37. The quantitative estimate of drug-likeness (QED) is 0.729. The van der Waals surface area contributed by atoms with Crippen LogP contribution in [0, 0.1) is 6.92 Å². The monoisotopic (exact) mass is 379 g/mol. The van der Waals surface area contributed by atoms with E-state index in [4.69, 9.17) is 9.72 Å². The molecule has 0 amide bonds. The van der Waals surface area contributed by atoms with Gasteiger partial charge in [-0.1, -0.05) is 12.8 Å². The van der Waals surface area contributed by atoms with Gasteiger partial charge in [0.25, 0.3) is 0 Å². The maximum absolute atomic E-state index is 5.44. The van der Waals surface area contributed by atoms with Crippen LogP contribution in [0.25, 0.3) is 11.0 Å². The third kappa shape index (κ3) is 3.36. The predicted molar refractivity (Wildman–Crippen MR) is 108 cm³/mol. The summed E-state index contributed by atoms with van der Waals surface area (Å²) >= 11 is 0. The highest BCUT2D eigenvalue weighted by Crippen LogP contribution is 2.33. The molecule has 0 aromatic carbocycles. The highest BCUT2D eigenvalue weighted by atomic mass is 16.5. The van der Waals surface area contributed by atoms with Crippen LogP contribution in [0.2, 0.25) is 0 Å². The van der Waals surface area contributed by atoms with Gasteiger partial charge in [0.15, 0.2) is 0 Å². The molecular formula is C21H27N6O+. The van der Waals surface area contributed by atoms with Crippen LogP contribution in [-0.2, 0) is 4.74 Å². The maximum atomic E-state index is 5.44. The van der Waals surface area contributed by atoms with Gasteiger partial charge in [-0.2, -0.15) is 4.98 Å². The lowest BCUT2D eigenvalue weighted by Crippen LogP contribution is -3.09. The fourth-order valence-corrected chi connectivity index (χ4v) is 4.41. The molecule has 1 aliphatic carbocycles. The Hall–Kier alpha value is -2.51. The van der Waals surface area contributed by atoms with E-state index in [0.29, 0.717) is 12.0 Å². The van der Waals surface area contributed by atoms with Crippen LogP contribution in [0.1, 0.15) is 37.3 Å². The summed E-state index contributed by atoms with van der Waals surface area (Å²) < 4.78 is 7.79. The molecule has 0 radical (unpaired) electrons. The van der Waals surface area contributed by atoms with Gasteiger partial charge >= 0.3 is 0 Å². The van der Waals surface area contributed by atoms with Crippen LogP contribution in [0.4, 0.5) is 17.5 Å². The molecule has 3 aromatic heterocycles. The number of anilines is 2. The molecule has 0 unspecified atom stereocenters. The average Bonchev–Trinajstić information content (AvgIpc) is 3.37. The maximum Gasteiger partial charge on any atom is 0.230 e. The lowest BCUT2D eigenvalue weighted by atomic mass is 10.2. The molecule has 2 aliphatic rings. The molecule has 2 N–H and O–H groups in total. The molecule has 1 saturated heterocycles. The van der Waals surface area contributed by atoms with E-state index in [-0.39, 0.29) is 0 Å². The summed E-state index contributed by atoms with van der Waals surface area (Å²) in [6, 6.07) is 4.69. The highest BCUT2D eigenvalue weighted by Gasteiger charge is 2.21. The van der Waals surface area contributed by atoms with Gasteiger partial charge in [-0.05, 0) is 31.4 Å². The van der Waals surface area contributed by atoms with Crippen molar-refractivity contribution in [3.05, 3.63) is 36.3 Å². The van der Waals surface area contributed by atoms with Crippen LogP contribution < -0.4 is 10.2 Å². The molecular weight excluding hydrogens is 352 g/mol. The van der Waals surface area contributed by atoms with Crippen LogP contribution in [-0.4, -0.2) is 45.8 Å². The zero-order chi connectivity index (χ0) is 18.9. The first kappa shape index (κ1) is 17.6. The number of aryl methyl sites for hydroxylation is 1.